The fourth-order valence-corrected chi connectivity index (χ4v) is 4.11. The number of carbonyl (C=O) groups excluding carboxylic acids is 1. The second-order valence-electron chi connectivity index (χ2n) is 7.94. The lowest BCUT2D eigenvalue weighted by Crippen LogP contribution is -2.46. The van der Waals surface area contributed by atoms with Crippen molar-refractivity contribution in [3.05, 3.63) is 41.2 Å². The summed E-state index contributed by atoms with van der Waals surface area (Å²) >= 11 is 0. The van der Waals surface area contributed by atoms with Crippen molar-refractivity contribution in [2.45, 2.75) is 38.8 Å². The molecule has 0 bridgehead atoms. The van der Waals surface area contributed by atoms with E-state index in [9.17, 15) is 4.79 Å². The quantitative estimate of drug-likeness (QED) is 0.581. The Morgan fingerprint density at radius 3 is 2.84 bits per heavy atom. The highest BCUT2D eigenvalue weighted by atomic mass is 16.5. The van der Waals surface area contributed by atoms with Gasteiger partial charge in [-0.15, -0.1) is 0 Å². The minimum Gasteiger partial charge on any atom is -0.493 e. The van der Waals surface area contributed by atoms with Crippen molar-refractivity contribution in [3.63, 3.8) is 0 Å². The van der Waals surface area contributed by atoms with Crippen LogP contribution in [-0.2, 0) is 17.7 Å². The van der Waals surface area contributed by atoms with E-state index in [4.69, 9.17) is 14.2 Å². The minimum atomic E-state index is -0.337. The SMILES string of the molecule is CCOC(=O)c1[nH]ncc1CN1CCCC(N(C)CCc2ccc(OC)c(OC)c2)C1. The summed E-state index contributed by atoms with van der Waals surface area (Å²) in [6.07, 6.45) is 4.99. The van der Waals surface area contributed by atoms with Gasteiger partial charge in [-0.2, -0.15) is 5.10 Å². The Bertz CT molecular complexity index is 854. The second kappa shape index (κ2) is 11.2. The third-order valence-corrected chi connectivity index (χ3v) is 5.90. The number of carbonyl (C=O) groups is 1. The Morgan fingerprint density at radius 2 is 2.10 bits per heavy atom. The minimum absolute atomic E-state index is 0.337. The Hall–Kier alpha value is -2.58. The summed E-state index contributed by atoms with van der Waals surface area (Å²) in [6, 6.07) is 6.59. The molecule has 0 spiro atoms. The monoisotopic (exact) mass is 430 g/mol. The van der Waals surface area contributed by atoms with Crippen LogP contribution in [0.1, 0.15) is 41.4 Å². The fraction of sp³-hybridized carbons (Fsp3) is 0.565. The number of hydrogen-bond acceptors (Lipinski definition) is 7. The lowest BCUT2D eigenvalue weighted by atomic mass is 10.0. The van der Waals surface area contributed by atoms with Gasteiger partial charge in [-0.05, 0) is 57.5 Å². The van der Waals surface area contributed by atoms with Gasteiger partial charge in [0.1, 0.15) is 5.69 Å². The van der Waals surface area contributed by atoms with Crippen LogP contribution in [0.5, 0.6) is 11.5 Å². The highest BCUT2D eigenvalue weighted by Gasteiger charge is 2.25. The molecule has 0 radical (unpaired) electrons. The molecule has 1 unspecified atom stereocenters. The van der Waals surface area contributed by atoms with Gasteiger partial charge < -0.3 is 19.1 Å². The van der Waals surface area contributed by atoms with Crippen molar-refractivity contribution in [2.75, 3.05) is 47.5 Å². The number of nitrogens with zero attached hydrogens (tertiary/aromatic N) is 3. The summed E-state index contributed by atoms with van der Waals surface area (Å²) in [4.78, 5) is 16.9. The van der Waals surface area contributed by atoms with E-state index in [-0.39, 0.29) is 5.97 Å². The summed E-state index contributed by atoms with van der Waals surface area (Å²) in [5.41, 5.74) is 2.59. The van der Waals surface area contributed by atoms with Crippen LogP contribution in [0.4, 0.5) is 0 Å². The zero-order chi connectivity index (χ0) is 22.2. The average molecular weight is 431 g/mol. The van der Waals surface area contributed by atoms with Gasteiger partial charge >= 0.3 is 5.97 Å². The molecule has 1 fully saturated rings. The maximum absolute atomic E-state index is 12.1. The van der Waals surface area contributed by atoms with Crippen LogP contribution in [0.3, 0.4) is 0 Å². The van der Waals surface area contributed by atoms with Gasteiger partial charge in [-0.3, -0.25) is 10.00 Å². The van der Waals surface area contributed by atoms with Crippen LogP contribution in [0.15, 0.2) is 24.4 Å². The van der Waals surface area contributed by atoms with Gasteiger partial charge in [0.05, 0.1) is 27.0 Å². The van der Waals surface area contributed by atoms with Gasteiger partial charge in [-0.1, -0.05) is 6.07 Å². The molecule has 8 heteroatoms. The maximum Gasteiger partial charge on any atom is 0.356 e. The van der Waals surface area contributed by atoms with Crippen molar-refractivity contribution in [2.24, 2.45) is 0 Å². The lowest BCUT2D eigenvalue weighted by Gasteiger charge is -2.37. The third kappa shape index (κ3) is 5.98. The van der Waals surface area contributed by atoms with Gasteiger partial charge in [0.25, 0.3) is 0 Å². The number of likely N-dealkylation sites (tertiary alicyclic amines) is 1. The molecular formula is C23H34N4O4. The van der Waals surface area contributed by atoms with Crippen molar-refractivity contribution in [3.8, 4) is 11.5 Å². The molecule has 1 aromatic carbocycles. The number of methoxy groups -OCH3 is 2. The molecule has 8 nitrogen and oxygen atoms in total. The Labute approximate surface area is 184 Å². The molecule has 0 saturated carbocycles. The lowest BCUT2D eigenvalue weighted by molar-refractivity contribution is 0.0515. The molecule has 1 aliphatic rings. The number of piperidine rings is 1. The predicted octanol–water partition coefficient (Wildman–Crippen LogP) is 2.74. The number of rotatable bonds is 10. The Morgan fingerprint density at radius 1 is 1.29 bits per heavy atom. The standard InChI is InChI=1S/C23H34N4O4/c1-5-31-23(28)22-18(14-24-25-22)15-27-11-6-7-19(16-27)26(2)12-10-17-8-9-20(29-3)21(13-17)30-4/h8-9,13-14,19H,5-7,10-12,15-16H2,1-4H3,(H,24,25). The third-order valence-electron chi connectivity index (χ3n) is 5.90. The topological polar surface area (TPSA) is 79.9 Å². The summed E-state index contributed by atoms with van der Waals surface area (Å²) in [7, 11) is 5.51. The molecule has 1 atom stereocenters. The Kier molecular flexibility index (Phi) is 8.31. The van der Waals surface area contributed by atoms with Crippen LogP contribution in [0.2, 0.25) is 0 Å². The van der Waals surface area contributed by atoms with Crippen molar-refractivity contribution in [1.29, 1.82) is 0 Å². The number of esters is 1. The molecule has 1 N–H and O–H groups in total. The van der Waals surface area contributed by atoms with E-state index in [1.807, 2.05) is 6.07 Å². The summed E-state index contributed by atoms with van der Waals surface area (Å²) in [5.74, 6) is 1.18. The molecule has 2 aromatic rings. The number of likely N-dealkylation sites (N-methyl/N-ethyl adjacent to an activating group) is 1. The molecule has 1 aliphatic heterocycles. The molecule has 3 rings (SSSR count). The molecule has 1 saturated heterocycles. The van der Waals surface area contributed by atoms with E-state index in [1.165, 1.54) is 12.0 Å². The first-order valence-corrected chi connectivity index (χ1v) is 10.9. The fourth-order valence-electron chi connectivity index (χ4n) is 4.11. The van der Waals surface area contributed by atoms with Crippen LogP contribution in [0.25, 0.3) is 0 Å². The largest absolute Gasteiger partial charge is 0.493 e. The summed E-state index contributed by atoms with van der Waals surface area (Å²) < 4.78 is 15.9. The van der Waals surface area contributed by atoms with Gasteiger partial charge in [0.2, 0.25) is 0 Å². The molecule has 0 aliphatic carbocycles. The van der Waals surface area contributed by atoms with Gasteiger partial charge in [0, 0.05) is 31.2 Å². The zero-order valence-corrected chi connectivity index (χ0v) is 19.0. The molecule has 31 heavy (non-hydrogen) atoms. The van der Waals surface area contributed by atoms with E-state index < -0.39 is 0 Å². The smallest absolute Gasteiger partial charge is 0.356 e. The normalized spacial score (nSPS) is 17.0. The number of nitrogens with one attached hydrogen (secondary N) is 1. The highest BCUT2D eigenvalue weighted by molar-refractivity contribution is 5.88. The molecule has 0 amide bonds. The zero-order valence-electron chi connectivity index (χ0n) is 19.0. The molecule has 1 aromatic heterocycles. The number of aromatic nitrogens is 2. The number of H-pyrrole nitrogens is 1. The summed E-state index contributed by atoms with van der Waals surface area (Å²) in [6.45, 7) is 5.82. The predicted molar refractivity (Wildman–Crippen MR) is 119 cm³/mol. The van der Waals surface area contributed by atoms with Gasteiger partial charge in [-0.25, -0.2) is 4.79 Å². The summed E-state index contributed by atoms with van der Waals surface area (Å²) in [5, 5.41) is 6.84. The Balaban J connectivity index is 1.54. The van der Waals surface area contributed by atoms with E-state index in [0.29, 0.717) is 24.9 Å². The van der Waals surface area contributed by atoms with Gasteiger partial charge in [0.15, 0.2) is 11.5 Å². The maximum atomic E-state index is 12.1. The number of ether oxygens (including phenoxy) is 3. The van der Waals surface area contributed by atoms with Crippen molar-refractivity contribution >= 4 is 5.97 Å². The second-order valence-corrected chi connectivity index (χ2v) is 7.94. The molecular weight excluding hydrogens is 396 g/mol. The van der Waals surface area contributed by atoms with Crippen molar-refractivity contribution < 1.29 is 19.0 Å². The number of benzene rings is 1. The van der Waals surface area contributed by atoms with E-state index in [2.05, 4.69) is 39.2 Å². The first kappa shape index (κ1) is 23.1. The first-order chi connectivity index (χ1) is 15.0. The number of hydrogen-bond donors (Lipinski definition) is 1. The van der Waals surface area contributed by atoms with Crippen LogP contribution in [0, 0.1) is 0 Å². The molecule has 2 heterocycles. The number of aromatic amines is 1. The van der Waals surface area contributed by atoms with E-state index in [0.717, 1.165) is 49.5 Å². The highest BCUT2D eigenvalue weighted by Crippen LogP contribution is 2.28. The van der Waals surface area contributed by atoms with Crippen molar-refractivity contribution in [1.82, 2.24) is 20.0 Å². The van der Waals surface area contributed by atoms with Crippen LogP contribution >= 0.6 is 0 Å². The van der Waals surface area contributed by atoms with Crippen LogP contribution < -0.4 is 9.47 Å². The molecule has 170 valence electrons. The van der Waals surface area contributed by atoms with E-state index >= 15 is 0 Å². The van der Waals surface area contributed by atoms with E-state index in [1.54, 1.807) is 27.3 Å². The first-order valence-electron chi connectivity index (χ1n) is 10.9. The van der Waals surface area contributed by atoms with Crippen LogP contribution in [-0.4, -0.2) is 79.5 Å². The average Bonchev–Trinajstić information content (AvgIpc) is 3.25.